The Morgan fingerprint density at radius 3 is 2.55 bits per heavy atom. The summed E-state index contributed by atoms with van der Waals surface area (Å²) in [4.78, 5) is 22.1. The van der Waals surface area contributed by atoms with E-state index >= 15 is 0 Å². The van der Waals surface area contributed by atoms with Gasteiger partial charge in [0, 0.05) is 35.8 Å². The van der Waals surface area contributed by atoms with E-state index in [2.05, 4.69) is 10.6 Å². The maximum absolute atomic E-state index is 11.6. The molecule has 0 atom stereocenters. The van der Waals surface area contributed by atoms with Crippen molar-refractivity contribution in [1.29, 1.82) is 0 Å². The Labute approximate surface area is 118 Å². The fourth-order valence-corrected chi connectivity index (χ4v) is 1.80. The van der Waals surface area contributed by atoms with E-state index in [0.717, 1.165) is 0 Å². The summed E-state index contributed by atoms with van der Waals surface area (Å²) in [6, 6.07) is 4.86. The number of carbonyl (C=O) groups is 1. The molecule has 0 heterocycles. The lowest BCUT2D eigenvalue weighted by Gasteiger charge is -2.20. The van der Waals surface area contributed by atoms with Crippen LogP contribution in [0.15, 0.2) is 18.2 Å². The first-order valence-corrected chi connectivity index (χ1v) is 6.49. The molecule has 0 aliphatic rings. The number of rotatable bonds is 5. The second kappa shape index (κ2) is 6.36. The van der Waals surface area contributed by atoms with Crippen LogP contribution in [0.25, 0.3) is 0 Å². The van der Waals surface area contributed by atoms with Crippen molar-refractivity contribution in [3.8, 4) is 0 Å². The Balaban J connectivity index is 2.57. The molecule has 0 aliphatic carbocycles. The van der Waals surface area contributed by atoms with Gasteiger partial charge in [-0.05, 0) is 33.8 Å². The molecule has 0 radical (unpaired) electrons. The standard InChI is InChI=1S/C14H21N3O3/c1-10-11(6-5-7-12(10)17(19)20)15-9-8-13(18)16-14(2,3)4/h5-7,15H,8-9H2,1-4H3,(H,16,18). The van der Waals surface area contributed by atoms with Crippen LogP contribution >= 0.6 is 0 Å². The minimum absolute atomic E-state index is 0.0481. The molecule has 2 N–H and O–H groups in total. The highest BCUT2D eigenvalue weighted by atomic mass is 16.6. The van der Waals surface area contributed by atoms with Gasteiger partial charge in [-0.3, -0.25) is 14.9 Å². The summed E-state index contributed by atoms with van der Waals surface area (Å²) in [7, 11) is 0. The summed E-state index contributed by atoms with van der Waals surface area (Å²) in [5, 5.41) is 16.7. The molecule has 0 aliphatic heterocycles. The lowest BCUT2D eigenvalue weighted by atomic mass is 10.1. The van der Waals surface area contributed by atoms with Gasteiger partial charge in [-0.15, -0.1) is 0 Å². The number of carbonyl (C=O) groups excluding carboxylic acids is 1. The van der Waals surface area contributed by atoms with Crippen molar-refractivity contribution < 1.29 is 9.72 Å². The molecular weight excluding hydrogens is 258 g/mol. The third-order valence-corrected chi connectivity index (χ3v) is 2.68. The highest BCUT2D eigenvalue weighted by Gasteiger charge is 2.15. The smallest absolute Gasteiger partial charge is 0.274 e. The molecule has 1 rings (SSSR count). The van der Waals surface area contributed by atoms with Crippen molar-refractivity contribution >= 4 is 17.3 Å². The lowest BCUT2D eigenvalue weighted by Crippen LogP contribution is -2.41. The average Bonchev–Trinajstić information content (AvgIpc) is 2.28. The van der Waals surface area contributed by atoms with Crippen molar-refractivity contribution in [3.05, 3.63) is 33.9 Å². The lowest BCUT2D eigenvalue weighted by molar-refractivity contribution is -0.385. The van der Waals surface area contributed by atoms with Crippen LogP contribution in [0.1, 0.15) is 32.8 Å². The molecule has 0 saturated heterocycles. The van der Waals surface area contributed by atoms with Gasteiger partial charge in [0.1, 0.15) is 0 Å². The highest BCUT2D eigenvalue weighted by molar-refractivity contribution is 5.77. The SMILES string of the molecule is Cc1c(NCCC(=O)NC(C)(C)C)cccc1[N+](=O)[O-]. The highest BCUT2D eigenvalue weighted by Crippen LogP contribution is 2.24. The topological polar surface area (TPSA) is 84.3 Å². The molecule has 6 heteroatoms. The zero-order chi connectivity index (χ0) is 15.3. The molecule has 0 unspecified atom stereocenters. The number of hydrogen-bond acceptors (Lipinski definition) is 4. The molecule has 1 aromatic rings. The van der Waals surface area contributed by atoms with E-state index in [4.69, 9.17) is 0 Å². The van der Waals surface area contributed by atoms with E-state index in [1.54, 1.807) is 19.1 Å². The predicted molar refractivity (Wildman–Crippen MR) is 78.8 cm³/mol. The first kappa shape index (κ1) is 15.9. The van der Waals surface area contributed by atoms with Crippen molar-refractivity contribution in [2.24, 2.45) is 0 Å². The van der Waals surface area contributed by atoms with Gasteiger partial charge < -0.3 is 10.6 Å². The molecule has 0 saturated carbocycles. The normalized spacial score (nSPS) is 11.0. The fraction of sp³-hybridized carbons (Fsp3) is 0.500. The monoisotopic (exact) mass is 279 g/mol. The first-order valence-electron chi connectivity index (χ1n) is 6.49. The number of hydrogen-bond donors (Lipinski definition) is 2. The van der Waals surface area contributed by atoms with Gasteiger partial charge in [-0.25, -0.2) is 0 Å². The fourth-order valence-electron chi connectivity index (χ4n) is 1.80. The minimum atomic E-state index is -0.410. The molecule has 0 fully saturated rings. The van der Waals surface area contributed by atoms with Gasteiger partial charge in [0.15, 0.2) is 0 Å². The maximum atomic E-state index is 11.6. The Morgan fingerprint density at radius 1 is 1.35 bits per heavy atom. The summed E-state index contributed by atoms with van der Waals surface area (Å²) in [5.41, 5.74) is 1.09. The molecule has 0 bridgehead atoms. The Hall–Kier alpha value is -2.11. The van der Waals surface area contributed by atoms with Crippen molar-refractivity contribution in [3.63, 3.8) is 0 Å². The van der Waals surface area contributed by atoms with Gasteiger partial charge in [0.05, 0.1) is 4.92 Å². The van der Waals surface area contributed by atoms with Crippen LogP contribution in [0.3, 0.4) is 0 Å². The van der Waals surface area contributed by atoms with Crippen LogP contribution in [0, 0.1) is 17.0 Å². The number of nitrogens with zero attached hydrogens (tertiary/aromatic N) is 1. The third kappa shape index (κ3) is 4.87. The average molecular weight is 279 g/mol. The van der Waals surface area contributed by atoms with Crippen LogP contribution in [-0.4, -0.2) is 22.9 Å². The van der Waals surface area contributed by atoms with E-state index in [0.29, 0.717) is 24.2 Å². The number of nitro benzene ring substituents is 1. The second-order valence-electron chi connectivity index (χ2n) is 5.68. The quantitative estimate of drug-likeness (QED) is 0.641. The number of anilines is 1. The van der Waals surface area contributed by atoms with Crippen LogP contribution in [-0.2, 0) is 4.79 Å². The van der Waals surface area contributed by atoms with Crippen LogP contribution in [0.4, 0.5) is 11.4 Å². The van der Waals surface area contributed by atoms with Crippen LogP contribution in [0.5, 0.6) is 0 Å². The molecule has 20 heavy (non-hydrogen) atoms. The Morgan fingerprint density at radius 2 is 2.00 bits per heavy atom. The van der Waals surface area contributed by atoms with Crippen molar-refractivity contribution in [2.45, 2.75) is 39.7 Å². The summed E-state index contributed by atoms with van der Waals surface area (Å²) < 4.78 is 0. The van der Waals surface area contributed by atoms with Crippen molar-refractivity contribution in [2.75, 3.05) is 11.9 Å². The van der Waals surface area contributed by atoms with Gasteiger partial charge in [-0.1, -0.05) is 6.07 Å². The molecule has 1 aromatic carbocycles. The first-order chi connectivity index (χ1) is 9.20. The van der Waals surface area contributed by atoms with E-state index in [9.17, 15) is 14.9 Å². The summed E-state index contributed by atoms with van der Waals surface area (Å²) in [5.74, 6) is -0.0481. The second-order valence-corrected chi connectivity index (χ2v) is 5.68. The van der Waals surface area contributed by atoms with Crippen LogP contribution < -0.4 is 10.6 Å². The number of amides is 1. The molecular formula is C14H21N3O3. The predicted octanol–water partition coefficient (Wildman–Crippen LogP) is 2.62. The number of benzene rings is 1. The van der Waals surface area contributed by atoms with E-state index in [1.807, 2.05) is 20.8 Å². The summed E-state index contributed by atoms with van der Waals surface area (Å²) >= 11 is 0. The molecule has 0 spiro atoms. The van der Waals surface area contributed by atoms with Crippen LogP contribution in [0.2, 0.25) is 0 Å². The number of nitro groups is 1. The van der Waals surface area contributed by atoms with E-state index < -0.39 is 4.92 Å². The van der Waals surface area contributed by atoms with Gasteiger partial charge in [0.25, 0.3) is 5.69 Å². The zero-order valence-electron chi connectivity index (χ0n) is 12.3. The Bertz CT molecular complexity index is 507. The number of nitrogens with one attached hydrogen (secondary N) is 2. The summed E-state index contributed by atoms with van der Waals surface area (Å²) in [6.45, 7) is 7.88. The zero-order valence-corrected chi connectivity index (χ0v) is 12.3. The van der Waals surface area contributed by atoms with Crippen molar-refractivity contribution in [1.82, 2.24) is 5.32 Å². The van der Waals surface area contributed by atoms with Gasteiger partial charge in [0.2, 0.25) is 5.91 Å². The molecule has 6 nitrogen and oxygen atoms in total. The Kier molecular flexibility index (Phi) is 5.07. The van der Waals surface area contributed by atoms with E-state index in [1.165, 1.54) is 6.07 Å². The minimum Gasteiger partial charge on any atom is -0.384 e. The molecule has 1 amide bonds. The molecule has 0 aromatic heterocycles. The molecule has 110 valence electrons. The van der Waals surface area contributed by atoms with E-state index in [-0.39, 0.29) is 17.1 Å². The largest absolute Gasteiger partial charge is 0.384 e. The third-order valence-electron chi connectivity index (χ3n) is 2.68. The summed E-state index contributed by atoms with van der Waals surface area (Å²) in [6.07, 6.45) is 0.319. The van der Waals surface area contributed by atoms with Gasteiger partial charge in [-0.2, -0.15) is 0 Å². The van der Waals surface area contributed by atoms with Gasteiger partial charge >= 0.3 is 0 Å². The maximum Gasteiger partial charge on any atom is 0.274 e.